The Bertz CT molecular complexity index is 747. The lowest BCUT2D eigenvalue weighted by atomic mass is 10.0. The number of hydrogen-bond donors (Lipinski definition) is 2. The molecule has 1 aliphatic heterocycles. The summed E-state index contributed by atoms with van der Waals surface area (Å²) >= 11 is 1.31. The van der Waals surface area contributed by atoms with E-state index in [0.717, 1.165) is 0 Å². The van der Waals surface area contributed by atoms with Crippen LogP contribution in [0.25, 0.3) is 0 Å². The summed E-state index contributed by atoms with van der Waals surface area (Å²) in [5, 5.41) is 14.7. The van der Waals surface area contributed by atoms with Crippen molar-refractivity contribution in [2.45, 2.75) is 38.3 Å². The van der Waals surface area contributed by atoms with E-state index >= 15 is 0 Å². The van der Waals surface area contributed by atoms with Gasteiger partial charge in [0.15, 0.2) is 5.13 Å². The first-order chi connectivity index (χ1) is 12.0. The van der Waals surface area contributed by atoms with Crippen LogP contribution in [-0.2, 0) is 11.2 Å². The first-order valence-electron chi connectivity index (χ1n) is 8.31. The molecule has 1 aliphatic rings. The fourth-order valence-electron chi connectivity index (χ4n) is 2.98. The number of benzene rings is 1. The van der Waals surface area contributed by atoms with E-state index < -0.39 is 0 Å². The molecular formula is C18H21N3O3S. The maximum atomic E-state index is 12.5. The molecular weight excluding hydrogens is 338 g/mol. The lowest BCUT2D eigenvalue weighted by molar-refractivity contribution is -0.135. The number of rotatable bonds is 4. The molecule has 0 spiro atoms. The number of thiazole rings is 1. The molecule has 0 radical (unpaired) electrons. The van der Waals surface area contributed by atoms with Crippen LogP contribution in [-0.4, -0.2) is 45.5 Å². The Hall–Kier alpha value is -2.25. The summed E-state index contributed by atoms with van der Waals surface area (Å²) in [6, 6.07) is 8.96. The number of aromatic nitrogens is 1. The van der Waals surface area contributed by atoms with Crippen LogP contribution in [0.3, 0.4) is 0 Å². The number of nitrogens with one attached hydrogen (secondary N) is 1. The van der Waals surface area contributed by atoms with Crippen LogP contribution in [0, 0.1) is 0 Å². The predicted octanol–water partition coefficient (Wildman–Crippen LogP) is 2.31. The number of carbonyl (C=O) groups is 2. The van der Waals surface area contributed by atoms with Gasteiger partial charge >= 0.3 is 0 Å². The molecule has 2 heterocycles. The van der Waals surface area contributed by atoms with Crippen LogP contribution in [0.4, 0.5) is 5.13 Å². The quantitative estimate of drug-likeness (QED) is 0.878. The highest BCUT2D eigenvalue weighted by atomic mass is 32.1. The number of anilines is 1. The van der Waals surface area contributed by atoms with Crippen molar-refractivity contribution in [1.82, 2.24) is 9.88 Å². The van der Waals surface area contributed by atoms with Gasteiger partial charge in [0.1, 0.15) is 0 Å². The Morgan fingerprint density at radius 1 is 1.36 bits per heavy atom. The van der Waals surface area contributed by atoms with Crippen LogP contribution in [0.5, 0.6) is 0 Å². The summed E-state index contributed by atoms with van der Waals surface area (Å²) in [7, 11) is 0. The Labute approximate surface area is 150 Å². The van der Waals surface area contributed by atoms with Gasteiger partial charge in [0, 0.05) is 23.5 Å². The van der Waals surface area contributed by atoms with Crippen LogP contribution in [0.1, 0.15) is 35.8 Å². The smallest absolute Gasteiger partial charge is 0.257 e. The summed E-state index contributed by atoms with van der Waals surface area (Å²) in [4.78, 5) is 30.7. The molecule has 2 atom stereocenters. The highest BCUT2D eigenvalue weighted by molar-refractivity contribution is 7.14. The van der Waals surface area contributed by atoms with Crippen molar-refractivity contribution in [3.8, 4) is 0 Å². The molecule has 7 heteroatoms. The molecule has 2 N–H and O–H groups in total. The number of carbonyl (C=O) groups excluding carboxylic acids is 2. The second-order valence-corrected chi connectivity index (χ2v) is 7.11. The minimum absolute atomic E-state index is 0.00522. The van der Waals surface area contributed by atoms with Crippen molar-refractivity contribution >= 4 is 28.3 Å². The van der Waals surface area contributed by atoms with Gasteiger partial charge in [-0.3, -0.25) is 14.9 Å². The van der Waals surface area contributed by atoms with Crippen molar-refractivity contribution in [1.29, 1.82) is 0 Å². The second kappa shape index (κ2) is 7.76. The van der Waals surface area contributed by atoms with E-state index in [1.807, 2.05) is 13.0 Å². The van der Waals surface area contributed by atoms with Crippen LogP contribution in [0.15, 0.2) is 35.7 Å². The minimum atomic E-state index is -0.321. The highest BCUT2D eigenvalue weighted by Gasteiger charge is 2.28. The number of aliphatic hydroxyl groups is 1. The molecule has 0 saturated carbocycles. The molecule has 6 nitrogen and oxygen atoms in total. The molecule has 2 aromatic rings. The number of amides is 2. The summed E-state index contributed by atoms with van der Waals surface area (Å²) in [6.07, 6.45) is 1.11. The molecule has 0 bridgehead atoms. The van der Waals surface area contributed by atoms with Crippen LogP contribution in [0.2, 0.25) is 0 Å². The number of likely N-dealkylation sites (tertiary alicyclic amines) is 1. The fourth-order valence-corrected chi connectivity index (χ4v) is 3.68. The highest BCUT2D eigenvalue weighted by Crippen LogP contribution is 2.21. The van der Waals surface area contributed by atoms with Crippen molar-refractivity contribution in [3.63, 3.8) is 0 Å². The van der Waals surface area contributed by atoms with Gasteiger partial charge in [-0.15, -0.1) is 11.3 Å². The van der Waals surface area contributed by atoms with E-state index in [0.29, 0.717) is 35.8 Å². The summed E-state index contributed by atoms with van der Waals surface area (Å²) in [5.41, 5.74) is 1.22. The molecule has 0 unspecified atom stereocenters. The normalized spacial score (nSPS) is 20.3. The molecule has 2 amide bonds. The van der Waals surface area contributed by atoms with Crippen molar-refractivity contribution in [2.75, 3.05) is 11.9 Å². The average molecular weight is 359 g/mol. The first kappa shape index (κ1) is 17.6. The molecule has 3 rings (SSSR count). The molecule has 132 valence electrons. The van der Waals surface area contributed by atoms with E-state index in [1.54, 1.807) is 34.5 Å². The summed E-state index contributed by atoms with van der Waals surface area (Å²) < 4.78 is 0. The largest absolute Gasteiger partial charge is 0.393 e. The van der Waals surface area contributed by atoms with Crippen molar-refractivity contribution in [3.05, 3.63) is 47.0 Å². The summed E-state index contributed by atoms with van der Waals surface area (Å²) in [5.74, 6) is -0.211. The number of piperidine rings is 1. The van der Waals surface area contributed by atoms with Gasteiger partial charge in [0.25, 0.3) is 5.91 Å². The lowest BCUT2D eigenvalue weighted by Crippen LogP contribution is -2.46. The topological polar surface area (TPSA) is 82.5 Å². The Kier molecular flexibility index (Phi) is 5.45. The van der Waals surface area contributed by atoms with Gasteiger partial charge in [-0.25, -0.2) is 4.98 Å². The van der Waals surface area contributed by atoms with Gasteiger partial charge in [0.05, 0.1) is 18.2 Å². The zero-order valence-corrected chi connectivity index (χ0v) is 14.8. The van der Waals surface area contributed by atoms with E-state index in [9.17, 15) is 14.7 Å². The van der Waals surface area contributed by atoms with E-state index in [-0.39, 0.29) is 30.4 Å². The fraction of sp³-hybridized carbons (Fsp3) is 0.389. The van der Waals surface area contributed by atoms with E-state index in [2.05, 4.69) is 10.3 Å². The van der Waals surface area contributed by atoms with Crippen LogP contribution < -0.4 is 5.32 Å². The minimum Gasteiger partial charge on any atom is -0.393 e. The van der Waals surface area contributed by atoms with E-state index in [4.69, 9.17) is 0 Å². The molecule has 1 fully saturated rings. The summed E-state index contributed by atoms with van der Waals surface area (Å²) in [6.45, 7) is 2.52. The third-order valence-electron chi connectivity index (χ3n) is 4.31. The number of aliphatic hydroxyl groups excluding tert-OH is 1. The predicted molar refractivity (Wildman–Crippen MR) is 96.6 cm³/mol. The van der Waals surface area contributed by atoms with Crippen LogP contribution >= 0.6 is 11.3 Å². The molecule has 1 saturated heterocycles. The SMILES string of the molecule is C[C@@H]1C[C@H](O)CCN1C(=O)Cc1csc(NC(=O)c2ccccc2)n1. The first-order valence-corrected chi connectivity index (χ1v) is 9.19. The number of nitrogens with zero attached hydrogens (tertiary/aromatic N) is 2. The number of hydrogen-bond acceptors (Lipinski definition) is 5. The van der Waals surface area contributed by atoms with Gasteiger partial charge in [-0.2, -0.15) is 0 Å². The Balaban J connectivity index is 1.58. The van der Waals surface area contributed by atoms with Gasteiger partial charge < -0.3 is 10.0 Å². The standard InChI is InChI=1S/C18H21N3O3S/c1-12-9-15(22)7-8-21(12)16(23)10-14-11-25-18(19-14)20-17(24)13-5-3-2-4-6-13/h2-6,11-12,15,22H,7-10H2,1H3,(H,19,20,24)/t12-,15-/m1/s1. The third-order valence-corrected chi connectivity index (χ3v) is 5.12. The van der Waals surface area contributed by atoms with Gasteiger partial charge in [-0.05, 0) is 31.9 Å². The second-order valence-electron chi connectivity index (χ2n) is 6.26. The Morgan fingerprint density at radius 3 is 2.84 bits per heavy atom. The lowest BCUT2D eigenvalue weighted by Gasteiger charge is -2.35. The monoisotopic (exact) mass is 359 g/mol. The zero-order valence-electron chi connectivity index (χ0n) is 14.0. The maximum absolute atomic E-state index is 12.5. The van der Waals surface area contributed by atoms with Crippen molar-refractivity contribution < 1.29 is 14.7 Å². The van der Waals surface area contributed by atoms with E-state index in [1.165, 1.54) is 11.3 Å². The maximum Gasteiger partial charge on any atom is 0.257 e. The van der Waals surface area contributed by atoms with Crippen molar-refractivity contribution in [2.24, 2.45) is 0 Å². The zero-order chi connectivity index (χ0) is 17.8. The molecule has 1 aromatic carbocycles. The van der Waals surface area contributed by atoms with Gasteiger partial charge in [0.2, 0.25) is 5.91 Å². The molecule has 0 aliphatic carbocycles. The third kappa shape index (κ3) is 4.43. The molecule has 25 heavy (non-hydrogen) atoms. The average Bonchev–Trinajstić information content (AvgIpc) is 3.02. The van der Waals surface area contributed by atoms with Gasteiger partial charge in [-0.1, -0.05) is 18.2 Å². The Morgan fingerprint density at radius 2 is 2.12 bits per heavy atom. The molecule has 1 aromatic heterocycles.